The summed E-state index contributed by atoms with van der Waals surface area (Å²) < 4.78 is 1.83. The van der Waals surface area contributed by atoms with Crippen molar-refractivity contribution in [3.8, 4) is 6.07 Å². The van der Waals surface area contributed by atoms with E-state index in [2.05, 4.69) is 11.0 Å². The van der Waals surface area contributed by atoms with E-state index in [1.807, 2.05) is 23.9 Å². The van der Waals surface area contributed by atoms with Gasteiger partial charge in [0.25, 0.3) is 0 Å². The maximum absolute atomic E-state index is 11.8. The fraction of sp³-hybridized carbons (Fsp3) is 0.611. The van der Waals surface area contributed by atoms with Crippen LogP contribution in [0.2, 0.25) is 0 Å². The first-order valence-corrected chi connectivity index (χ1v) is 8.61. The molecular weight excluding hydrogens is 320 g/mol. The maximum atomic E-state index is 11.8. The lowest BCUT2D eigenvalue weighted by molar-refractivity contribution is -0.147. The van der Waals surface area contributed by atoms with Gasteiger partial charge < -0.3 is 14.6 Å². The monoisotopic (exact) mass is 344 g/mol. The highest BCUT2D eigenvalue weighted by molar-refractivity contribution is 5.83. The van der Waals surface area contributed by atoms with Gasteiger partial charge in [-0.15, -0.1) is 0 Å². The first-order chi connectivity index (χ1) is 11.8. The third kappa shape index (κ3) is 3.40. The number of rotatable bonds is 3. The van der Waals surface area contributed by atoms with Gasteiger partial charge in [-0.25, -0.2) is 4.79 Å². The first-order valence-electron chi connectivity index (χ1n) is 8.61. The van der Waals surface area contributed by atoms with Gasteiger partial charge in [-0.3, -0.25) is 9.69 Å². The van der Waals surface area contributed by atoms with Crippen LogP contribution in [-0.4, -0.2) is 57.0 Å². The van der Waals surface area contributed by atoms with E-state index < -0.39 is 12.0 Å². The highest BCUT2D eigenvalue weighted by Crippen LogP contribution is 2.43. The Morgan fingerprint density at radius 3 is 2.56 bits per heavy atom. The number of hydrogen-bond acceptors (Lipinski definition) is 4. The molecule has 0 aliphatic carbocycles. The maximum Gasteiger partial charge on any atom is 0.326 e. The third-order valence-corrected chi connectivity index (χ3v) is 5.70. The second kappa shape index (κ2) is 6.52. The van der Waals surface area contributed by atoms with E-state index in [1.54, 1.807) is 0 Å². The molecule has 0 radical (unpaired) electrons. The Morgan fingerprint density at radius 1 is 1.40 bits per heavy atom. The fourth-order valence-electron chi connectivity index (χ4n) is 4.24. The number of aliphatic carboxylic acids is 1. The smallest absolute Gasteiger partial charge is 0.326 e. The Kier molecular flexibility index (Phi) is 4.56. The van der Waals surface area contributed by atoms with Gasteiger partial charge in [0.1, 0.15) is 17.8 Å². The average molecular weight is 344 g/mol. The van der Waals surface area contributed by atoms with Crippen molar-refractivity contribution in [3.05, 3.63) is 23.5 Å². The summed E-state index contributed by atoms with van der Waals surface area (Å²) in [5.41, 5.74) is 1.70. The minimum atomic E-state index is -0.900. The minimum absolute atomic E-state index is 0.0697. The minimum Gasteiger partial charge on any atom is -0.480 e. The van der Waals surface area contributed by atoms with E-state index in [0.717, 1.165) is 38.0 Å². The van der Waals surface area contributed by atoms with Crippen LogP contribution in [-0.2, 0) is 23.2 Å². The van der Waals surface area contributed by atoms with Gasteiger partial charge in [0.15, 0.2) is 0 Å². The van der Waals surface area contributed by atoms with Crippen LogP contribution in [0.1, 0.15) is 37.4 Å². The highest BCUT2D eigenvalue weighted by atomic mass is 16.4. The van der Waals surface area contributed by atoms with Gasteiger partial charge in [0, 0.05) is 33.3 Å². The molecule has 1 spiro atoms. The largest absolute Gasteiger partial charge is 0.480 e. The van der Waals surface area contributed by atoms with E-state index >= 15 is 0 Å². The molecule has 1 aromatic heterocycles. The van der Waals surface area contributed by atoms with Crippen molar-refractivity contribution >= 4 is 11.9 Å². The number of amides is 1. The first kappa shape index (κ1) is 17.5. The molecule has 2 aliphatic heterocycles. The highest BCUT2D eigenvalue weighted by Gasteiger charge is 2.49. The molecule has 25 heavy (non-hydrogen) atoms. The molecule has 7 nitrogen and oxygen atoms in total. The molecule has 0 unspecified atom stereocenters. The number of carbonyl (C=O) groups is 2. The van der Waals surface area contributed by atoms with E-state index in [-0.39, 0.29) is 11.3 Å². The molecule has 134 valence electrons. The zero-order valence-corrected chi connectivity index (χ0v) is 14.7. The lowest BCUT2D eigenvalue weighted by Crippen LogP contribution is -2.42. The summed E-state index contributed by atoms with van der Waals surface area (Å²) in [6, 6.07) is 3.41. The topological polar surface area (TPSA) is 89.6 Å². The standard InChI is InChI=1S/C18H24N4O3/c1-13(23)22-12-18(8-16(22)17(24)25)3-5-21(6-4-18)11-14-7-15(9-19)20(2)10-14/h7,10,16H,3-6,8,11-12H2,1-2H3,(H,24,25)/t16-/m0/s1. The van der Waals surface area contributed by atoms with Crippen molar-refractivity contribution in [1.82, 2.24) is 14.4 Å². The number of nitrogens with zero attached hydrogens (tertiary/aromatic N) is 4. The summed E-state index contributed by atoms with van der Waals surface area (Å²) in [4.78, 5) is 27.1. The Labute approximate surface area is 147 Å². The van der Waals surface area contributed by atoms with Crippen LogP contribution in [0.5, 0.6) is 0 Å². The van der Waals surface area contributed by atoms with E-state index in [9.17, 15) is 14.7 Å². The molecule has 3 rings (SSSR count). The number of carboxylic acid groups (broad SMARTS) is 1. The summed E-state index contributed by atoms with van der Waals surface area (Å²) in [7, 11) is 1.87. The molecular formula is C18H24N4O3. The Morgan fingerprint density at radius 2 is 2.08 bits per heavy atom. The number of carbonyl (C=O) groups excluding carboxylic acids is 1. The second-order valence-corrected chi connectivity index (χ2v) is 7.44. The van der Waals surface area contributed by atoms with Crippen LogP contribution in [0.15, 0.2) is 12.3 Å². The van der Waals surface area contributed by atoms with Crippen LogP contribution >= 0.6 is 0 Å². The summed E-state index contributed by atoms with van der Waals surface area (Å²) in [5.74, 6) is -1.05. The van der Waals surface area contributed by atoms with Gasteiger partial charge in [0.2, 0.25) is 5.91 Å². The van der Waals surface area contributed by atoms with Crippen LogP contribution in [0.4, 0.5) is 0 Å². The lowest BCUT2D eigenvalue weighted by Gasteiger charge is -2.39. The Balaban J connectivity index is 1.62. The molecule has 2 aliphatic rings. The van der Waals surface area contributed by atoms with Crippen molar-refractivity contribution in [3.63, 3.8) is 0 Å². The van der Waals surface area contributed by atoms with E-state index in [1.165, 1.54) is 11.8 Å². The number of likely N-dealkylation sites (tertiary alicyclic amines) is 2. The molecule has 2 fully saturated rings. The van der Waals surface area contributed by atoms with Crippen molar-refractivity contribution < 1.29 is 14.7 Å². The quantitative estimate of drug-likeness (QED) is 0.889. The molecule has 2 saturated heterocycles. The molecule has 1 N–H and O–H groups in total. The predicted octanol–water partition coefficient (Wildman–Crippen LogP) is 1.18. The van der Waals surface area contributed by atoms with Crippen molar-refractivity contribution in [1.29, 1.82) is 5.26 Å². The van der Waals surface area contributed by atoms with Crippen molar-refractivity contribution in [2.24, 2.45) is 12.5 Å². The summed E-state index contributed by atoms with van der Waals surface area (Å²) in [6.45, 7) is 4.57. The number of carboxylic acids is 1. The average Bonchev–Trinajstić information content (AvgIpc) is 3.11. The Hall–Kier alpha value is -2.33. The van der Waals surface area contributed by atoms with Crippen molar-refractivity contribution in [2.45, 2.75) is 38.8 Å². The fourth-order valence-corrected chi connectivity index (χ4v) is 4.24. The zero-order valence-electron chi connectivity index (χ0n) is 14.7. The van der Waals surface area contributed by atoms with E-state index in [0.29, 0.717) is 18.7 Å². The SMILES string of the molecule is CC(=O)N1CC2(CCN(Cc3cc(C#N)n(C)c3)CC2)C[C@H]1C(=O)O. The molecule has 1 amide bonds. The lowest BCUT2D eigenvalue weighted by atomic mass is 9.76. The van der Waals surface area contributed by atoms with Gasteiger partial charge in [-0.1, -0.05) is 0 Å². The molecule has 0 aromatic carbocycles. The summed E-state index contributed by atoms with van der Waals surface area (Å²) >= 11 is 0. The van der Waals surface area contributed by atoms with Crippen LogP contribution in [0, 0.1) is 16.7 Å². The molecule has 1 atom stereocenters. The molecule has 1 aromatic rings. The number of aryl methyl sites for hydroxylation is 1. The van der Waals surface area contributed by atoms with Crippen LogP contribution < -0.4 is 0 Å². The van der Waals surface area contributed by atoms with Gasteiger partial charge >= 0.3 is 5.97 Å². The predicted molar refractivity (Wildman–Crippen MR) is 90.5 cm³/mol. The van der Waals surface area contributed by atoms with Crippen LogP contribution in [0.25, 0.3) is 0 Å². The van der Waals surface area contributed by atoms with Crippen molar-refractivity contribution in [2.75, 3.05) is 19.6 Å². The zero-order chi connectivity index (χ0) is 18.2. The summed E-state index contributed by atoms with van der Waals surface area (Å²) in [5, 5.41) is 18.5. The van der Waals surface area contributed by atoms with Gasteiger partial charge in [0.05, 0.1) is 0 Å². The molecule has 0 saturated carbocycles. The summed E-state index contributed by atoms with van der Waals surface area (Å²) in [6.07, 6.45) is 4.34. The number of piperidine rings is 1. The van der Waals surface area contributed by atoms with Gasteiger partial charge in [-0.2, -0.15) is 5.26 Å². The molecule has 7 heteroatoms. The van der Waals surface area contributed by atoms with Gasteiger partial charge in [-0.05, 0) is 49.4 Å². The number of hydrogen-bond donors (Lipinski definition) is 1. The second-order valence-electron chi connectivity index (χ2n) is 7.44. The number of nitriles is 1. The van der Waals surface area contributed by atoms with Crippen LogP contribution in [0.3, 0.4) is 0 Å². The Bertz CT molecular complexity index is 701. The number of aromatic nitrogens is 1. The molecule has 3 heterocycles. The normalized spacial score (nSPS) is 22.9. The third-order valence-electron chi connectivity index (χ3n) is 5.70. The van der Waals surface area contributed by atoms with E-state index in [4.69, 9.17) is 5.26 Å². The molecule has 0 bridgehead atoms.